The van der Waals surface area contributed by atoms with Crippen molar-refractivity contribution >= 4 is 21.8 Å². The van der Waals surface area contributed by atoms with Crippen LogP contribution in [0.3, 0.4) is 0 Å². The molecule has 0 radical (unpaired) electrons. The molecular weight excluding hydrogens is 354 g/mol. The molecule has 0 bridgehead atoms. The van der Waals surface area contributed by atoms with E-state index in [1.165, 1.54) is 0 Å². The third-order valence-corrected chi connectivity index (χ3v) is 4.99. The van der Waals surface area contributed by atoms with Gasteiger partial charge in [0, 0.05) is 13.0 Å². The van der Waals surface area contributed by atoms with E-state index in [9.17, 15) is 18.0 Å². The minimum atomic E-state index is -3.69. The fourth-order valence-electron chi connectivity index (χ4n) is 2.00. The molecule has 0 aliphatic rings. The van der Waals surface area contributed by atoms with Crippen molar-refractivity contribution in [3.8, 4) is 12.3 Å². The fraction of sp³-hybridized carbons (Fsp3) is 0.444. The average molecular weight is 379 g/mol. The molecule has 3 N–H and O–H groups in total. The Labute approximate surface area is 155 Å². The predicted molar refractivity (Wildman–Crippen MR) is 99.8 cm³/mol. The smallest absolute Gasteiger partial charge is 0.240 e. The molecular formula is C18H25N3O4S. The first-order valence-electron chi connectivity index (χ1n) is 8.13. The summed E-state index contributed by atoms with van der Waals surface area (Å²) in [4.78, 5) is 23.1. The zero-order valence-corrected chi connectivity index (χ0v) is 16.1. The highest BCUT2D eigenvalue weighted by atomic mass is 32.2. The Bertz CT molecular complexity index is 772. The van der Waals surface area contributed by atoms with Gasteiger partial charge in [-0.1, -0.05) is 38.8 Å². The highest BCUT2D eigenvalue weighted by Crippen LogP contribution is 2.23. The first kappa shape index (κ1) is 21.7. The van der Waals surface area contributed by atoms with Gasteiger partial charge in [-0.15, -0.1) is 6.42 Å². The third kappa shape index (κ3) is 7.25. The Balaban J connectivity index is 2.47. The van der Waals surface area contributed by atoms with Gasteiger partial charge in [-0.25, -0.2) is 13.1 Å². The summed E-state index contributed by atoms with van der Waals surface area (Å²) in [5.41, 5.74) is 0.958. The summed E-state index contributed by atoms with van der Waals surface area (Å²) in [6.45, 7) is 5.94. The number of amides is 2. The maximum atomic E-state index is 12.2. The maximum Gasteiger partial charge on any atom is 0.240 e. The second-order valence-corrected chi connectivity index (χ2v) is 8.45. The van der Waals surface area contributed by atoms with E-state index in [2.05, 4.69) is 21.3 Å². The summed E-state index contributed by atoms with van der Waals surface area (Å²) in [7, 11) is -3.69. The van der Waals surface area contributed by atoms with Crippen LogP contribution in [0.25, 0.3) is 0 Å². The van der Waals surface area contributed by atoms with Crippen molar-refractivity contribution in [2.45, 2.75) is 37.5 Å². The molecule has 0 spiro atoms. The number of nitrogens with one attached hydrogen (secondary N) is 3. The minimum absolute atomic E-state index is 0.0683. The Morgan fingerprint density at radius 1 is 1.08 bits per heavy atom. The molecule has 0 aliphatic heterocycles. The van der Waals surface area contributed by atoms with Crippen molar-refractivity contribution in [1.29, 1.82) is 0 Å². The summed E-state index contributed by atoms with van der Waals surface area (Å²) >= 11 is 0. The van der Waals surface area contributed by atoms with E-state index < -0.39 is 21.8 Å². The molecule has 0 fully saturated rings. The van der Waals surface area contributed by atoms with E-state index in [-0.39, 0.29) is 36.4 Å². The fourth-order valence-corrected chi connectivity index (χ4v) is 3.03. The van der Waals surface area contributed by atoms with Gasteiger partial charge in [0.05, 0.1) is 18.0 Å². The van der Waals surface area contributed by atoms with E-state index >= 15 is 0 Å². The zero-order valence-electron chi connectivity index (χ0n) is 15.3. The maximum absolute atomic E-state index is 12.2. The quantitative estimate of drug-likeness (QED) is 0.573. The molecule has 0 aromatic heterocycles. The highest BCUT2D eigenvalue weighted by molar-refractivity contribution is 7.89. The third-order valence-electron chi connectivity index (χ3n) is 3.51. The summed E-state index contributed by atoms with van der Waals surface area (Å²) in [5.74, 6) is 1.40. The largest absolute Gasteiger partial charge is 0.347 e. The summed E-state index contributed by atoms with van der Waals surface area (Å²) < 4.78 is 26.8. The van der Waals surface area contributed by atoms with Crippen LogP contribution < -0.4 is 15.4 Å². The molecule has 0 unspecified atom stereocenters. The lowest BCUT2D eigenvalue weighted by atomic mass is 9.87. The van der Waals surface area contributed by atoms with E-state index in [4.69, 9.17) is 6.42 Å². The van der Waals surface area contributed by atoms with E-state index in [0.717, 1.165) is 5.56 Å². The van der Waals surface area contributed by atoms with Crippen molar-refractivity contribution in [3.63, 3.8) is 0 Å². The van der Waals surface area contributed by atoms with Gasteiger partial charge >= 0.3 is 0 Å². The Kier molecular flexibility index (Phi) is 7.80. The monoisotopic (exact) mass is 379 g/mol. The molecule has 26 heavy (non-hydrogen) atoms. The first-order chi connectivity index (χ1) is 12.1. The second kappa shape index (κ2) is 9.36. The zero-order chi connectivity index (χ0) is 19.8. The molecule has 2 amide bonds. The molecule has 0 saturated heterocycles. The van der Waals surface area contributed by atoms with Gasteiger partial charge in [-0.2, -0.15) is 0 Å². The van der Waals surface area contributed by atoms with Crippen molar-refractivity contribution in [2.75, 3.05) is 19.6 Å². The van der Waals surface area contributed by atoms with Crippen LogP contribution in [-0.2, 0) is 25.0 Å². The second-order valence-electron chi connectivity index (χ2n) is 6.68. The van der Waals surface area contributed by atoms with Crippen LogP contribution in [-0.4, -0.2) is 39.9 Å². The van der Waals surface area contributed by atoms with Crippen molar-refractivity contribution in [1.82, 2.24) is 15.4 Å². The van der Waals surface area contributed by atoms with Crippen molar-refractivity contribution in [3.05, 3.63) is 29.8 Å². The van der Waals surface area contributed by atoms with Gasteiger partial charge in [0.2, 0.25) is 21.8 Å². The highest BCUT2D eigenvalue weighted by Gasteiger charge is 2.17. The average Bonchev–Trinajstić information content (AvgIpc) is 2.57. The summed E-state index contributed by atoms with van der Waals surface area (Å²) in [6.07, 6.45) is 4.92. The topological polar surface area (TPSA) is 104 Å². The number of rotatable bonds is 8. The number of hydrogen-bond acceptors (Lipinski definition) is 4. The predicted octanol–water partition coefficient (Wildman–Crippen LogP) is 0.518. The Morgan fingerprint density at radius 2 is 1.69 bits per heavy atom. The van der Waals surface area contributed by atoms with Crippen LogP contribution in [0, 0.1) is 12.3 Å². The number of benzene rings is 1. The molecule has 142 valence electrons. The normalized spacial score (nSPS) is 11.5. The minimum Gasteiger partial charge on any atom is -0.347 e. The van der Waals surface area contributed by atoms with Gasteiger partial charge < -0.3 is 10.6 Å². The van der Waals surface area contributed by atoms with Gasteiger partial charge in [-0.05, 0) is 23.1 Å². The van der Waals surface area contributed by atoms with Crippen LogP contribution in [0.4, 0.5) is 0 Å². The number of carbonyl (C=O) groups excluding carboxylic acids is 2. The van der Waals surface area contributed by atoms with E-state index in [1.807, 2.05) is 20.8 Å². The lowest BCUT2D eigenvalue weighted by Crippen LogP contribution is -2.38. The van der Waals surface area contributed by atoms with Gasteiger partial charge in [-0.3, -0.25) is 9.59 Å². The number of sulfonamides is 1. The molecule has 8 heteroatoms. The molecule has 0 heterocycles. The van der Waals surface area contributed by atoms with Crippen molar-refractivity contribution in [2.24, 2.45) is 0 Å². The molecule has 0 saturated carbocycles. The van der Waals surface area contributed by atoms with E-state index in [1.54, 1.807) is 24.3 Å². The SMILES string of the molecule is C#CCNC(=O)CNC(=O)CCNS(=O)(=O)c1ccc(C(C)(C)C)cc1. The van der Waals surface area contributed by atoms with Crippen molar-refractivity contribution < 1.29 is 18.0 Å². The van der Waals surface area contributed by atoms with Gasteiger partial charge in [0.1, 0.15) is 0 Å². The molecule has 1 rings (SSSR count). The molecule has 0 aliphatic carbocycles. The lowest BCUT2D eigenvalue weighted by molar-refractivity contribution is -0.125. The Hall–Kier alpha value is -2.37. The van der Waals surface area contributed by atoms with E-state index in [0.29, 0.717) is 0 Å². The van der Waals surface area contributed by atoms with Crippen LogP contribution in [0.1, 0.15) is 32.8 Å². The standard InChI is InChI=1S/C18H25N3O4S/c1-5-11-19-17(23)13-20-16(22)10-12-21-26(24,25)15-8-6-14(7-9-15)18(2,3)4/h1,6-9,21H,10-13H2,2-4H3,(H,19,23)(H,20,22). The first-order valence-corrected chi connectivity index (χ1v) is 9.61. The van der Waals surface area contributed by atoms with Crippen LogP contribution >= 0.6 is 0 Å². The number of hydrogen-bond donors (Lipinski definition) is 3. The molecule has 0 atom stereocenters. The van der Waals surface area contributed by atoms with Gasteiger partial charge in [0.15, 0.2) is 0 Å². The molecule has 1 aromatic carbocycles. The molecule has 7 nitrogen and oxygen atoms in total. The lowest BCUT2D eigenvalue weighted by Gasteiger charge is -2.19. The van der Waals surface area contributed by atoms with Crippen LogP contribution in [0.5, 0.6) is 0 Å². The van der Waals surface area contributed by atoms with Gasteiger partial charge in [0.25, 0.3) is 0 Å². The summed E-state index contributed by atoms with van der Waals surface area (Å²) in [5, 5.41) is 4.79. The number of terminal acetylenes is 1. The van der Waals surface area contributed by atoms with Crippen LogP contribution in [0.15, 0.2) is 29.2 Å². The number of carbonyl (C=O) groups is 2. The molecule has 1 aromatic rings. The Morgan fingerprint density at radius 3 is 2.23 bits per heavy atom. The van der Waals surface area contributed by atoms with Crippen LogP contribution in [0.2, 0.25) is 0 Å². The summed E-state index contributed by atoms with van der Waals surface area (Å²) in [6, 6.07) is 6.63.